The van der Waals surface area contributed by atoms with Crippen molar-refractivity contribution in [3.8, 4) is 5.75 Å². The van der Waals surface area contributed by atoms with Crippen LogP contribution in [0.1, 0.15) is 13.8 Å². The zero-order valence-corrected chi connectivity index (χ0v) is 9.93. The summed E-state index contributed by atoms with van der Waals surface area (Å²) in [5.74, 6) is 0.500. The molecule has 4 heteroatoms. The molecule has 2 rings (SSSR count). The van der Waals surface area contributed by atoms with Crippen molar-refractivity contribution < 1.29 is 9.52 Å². The van der Waals surface area contributed by atoms with Crippen molar-refractivity contribution in [2.45, 2.75) is 13.8 Å². The van der Waals surface area contributed by atoms with Crippen LogP contribution in [0, 0.1) is 0 Å². The first-order valence-corrected chi connectivity index (χ1v) is 5.68. The lowest BCUT2D eigenvalue weighted by molar-refractivity contribution is 0.479. The second kappa shape index (κ2) is 4.49. The average molecular weight is 233 g/mol. The van der Waals surface area contributed by atoms with Gasteiger partial charge in [0.05, 0.1) is 0 Å². The zero-order valence-electron chi connectivity index (χ0n) is 9.93. The molecule has 1 aromatic carbocycles. The van der Waals surface area contributed by atoms with Crippen molar-refractivity contribution >= 4 is 16.9 Å². The van der Waals surface area contributed by atoms with Gasteiger partial charge >= 0.3 is 0 Å². The molecule has 1 heterocycles. The minimum atomic E-state index is -0.216. The quantitative estimate of drug-likeness (QED) is 0.884. The Bertz CT molecular complexity index is 585. The Kier molecular flexibility index (Phi) is 3.04. The summed E-state index contributed by atoms with van der Waals surface area (Å²) in [4.78, 5) is 13.9. The van der Waals surface area contributed by atoms with Crippen LogP contribution >= 0.6 is 0 Å². The summed E-state index contributed by atoms with van der Waals surface area (Å²) in [6, 6.07) is 6.25. The minimum absolute atomic E-state index is 0.0395. The number of rotatable bonds is 3. The highest BCUT2D eigenvalue weighted by molar-refractivity contribution is 5.83. The Morgan fingerprint density at radius 3 is 2.65 bits per heavy atom. The van der Waals surface area contributed by atoms with Crippen LogP contribution < -0.4 is 10.3 Å². The third kappa shape index (κ3) is 1.98. The van der Waals surface area contributed by atoms with Crippen molar-refractivity contribution in [2.75, 3.05) is 18.0 Å². The number of hydrogen-bond donors (Lipinski definition) is 1. The SMILES string of the molecule is CCN(CC)c1cc(=O)c2c(O)cccc2o1. The van der Waals surface area contributed by atoms with Crippen LogP contribution in [0.3, 0.4) is 0 Å². The minimum Gasteiger partial charge on any atom is -0.507 e. The van der Waals surface area contributed by atoms with Gasteiger partial charge in [0.2, 0.25) is 0 Å². The maximum atomic E-state index is 11.9. The van der Waals surface area contributed by atoms with Crippen LogP contribution in [0.25, 0.3) is 11.0 Å². The number of hydrogen-bond acceptors (Lipinski definition) is 4. The topological polar surface area (TPSA) is 53.7 Å². The standard InChI is InChI=1S/C13H15NO3/c1-3-14(4-2)12-8-10(16)13-9(15)6-5-7-11(13)17-12/h5-8,15H,3-4H2,1-2H3. The van der Waals surface area contributed by atoms with Crippen molar-refractivity contribution in [1.29, 1.82) is 0 Å². The first kappa shape index (κ1) is 11.5. The number of phenols is 1. The maximum Gasteiger partial charge on any atom is 0.199 e. The molecule has 0 aliphatic heterocycles. The average Bonchev–Trinajstić information content (AvgIpc) is 2.30. The van der Waals surface area contributed by atoms with Gasteiger partial charge in [0.1, 0.15) is 16.7 Å². The first-order valence-electron chi connectivity index (χ1n) is 5.68. The van der Waals surface area contributed by atoms with Gasteiger partial charge in [-0.1, -0.05) is 6.07 Å². The van der Waals surface area contributed by atoms with Gasteiger partial charge < -0.3 is 14.4 Å². The fourth-order valence-corrected chi connectivity index (χ4v) is 1.87. The number of phenolic OH excluding ortho intramolecular Hbond substituents is 1. The highest BCUT2D eigenvalue weighted by Crippen LogP contribution is 2.24. The molecule has 0 spiro atoms. The van der Waals surface area contributed by atoms with E-state index >= 15 is 0 Å². The van der Waals surface area contributed by atoms with E-state index in [1.165, 1.54) is 12.1 Å². The Labute approximate surface area is 99.1 Å². The maximum absolute atomic E-state index is 11.9. The van der Waals surface area contributed by atoms with Crippen LogP contribution in [-0.2, 0) is 0 Å². The molecular weight excluding hydrogens is 218 g/mol. The fourth-order valence-electron chi connectivity index (χ4n) is 1.87. The van der Waals surface area contributed by atoms with Crippen LogP contribution in [-0.4, -0.2) is 18.2 Å². The van der Waals surface area contributed by atoms with E-state index in [1.54, 1.807) is 12.1 Å². The molecule has 2 aromatic rings. The molecule has 0 saturated heterocycles. The lowest BCUT2D eigenvalue weighted by Gasteiger charge is -2.19. The van der Waals surface area contributed by atoms with E-state index in [2.05, 4.69) is 0 Å². The molecule has 17 heavy (non-hydrogen) atoms. The molecule has 4 nitrogen and oxygen atoms in total. The number of anilines is 1. The molecule has 90 valence electrons. The van der Waals surface area contributed by atoms with E-state index < -0.39 is 0 Å². The molecule has 1 N–H and O–H groups in total. The summed E-state index contributed by atoms with van der Waals surface area (Å²) < 4.78 is 5.63. The predicted molar refractivity (Wildman–Crippen MR) is 67.7 cm³/mol. The van der Waals surface area contributed by atoms with Gasteiger partial charge in [0, 0.05) is 19.2 Å². The first-order chi connectivity index (χ1) is 8.17. The summed E-state index contributed by atoms with van der Waals surface area (Å²) in [5.41, 5.74) is 0.200. The largest absolute Gasteiger partial charge is 0.507 e. The van der Waals surface area contributed by atoms with Gasteiger partial charge in [-0.3, -0.25) is 4.79 Å². The molecule has 0 atom stereocenters. The van der Waals surface area contributed by atoms with Gasteiger partial charge in [-0.15, -0.1) is 0 Å². The molecule has 0 amide bonds. The summed E-state index contributed by atoms with van der Waals surface area (Å²) in [6.45, 7) is 5.53. The molecule has 0 aliphatic rings. The molecule has 0 aliphatic carbocycles. The normalized spacial score (nSPS) is 10.7. The van der Waals surface area contributed by atoms with Crippen LogP contribution in [0.15, 0.2) is 33.5 Å². The number of fused-ring (bicyclic) bond motifs is 1. The molecule has 1 aromatic heterocycles. The highest BCUT2D eigenvalue weighted by Gasteiger charge is 2.11. The van der Waals surface area contributed by atoms with E-state index in [9.17, 15) is 9.90 Å². The van der Waals surface area contributed by atoms with Crippen molar-refractivity contribution in [3.05, 3.63) is 34.5 Å². The van der Waals surface area contributed by atoms with Crippen molar-refractivity contribution in [2.24, 2.45) is 0 Å². The Hall–Kier alpha value is -1.97. The van der Waals surface area contributed by atoms with Crippen molar-refractivity contribution in [3.63, 3.8) is 0 Å². The smallest absolute Gasteiger partial charge is 0.199 e. The second-order valence-electron chi connectivity index (χ2n) is 3.77. The molecule has 0 unspecified atom stereocenters. The van der Waals surface area contributed by atoms with Crippen LogP contribution in [0.5, 0.6) is 5.75 Å². The highest BCUT2D eigenvalue weighted by atomic mass is 16.4. The molecule has 0 radical (unpaired) electrons. The van der Waals surface area contributed by atoms with Gasteiger partial charge in [-0.05, 0) is 26.0 Å². The lowest BCUT2D eigenvalue weighted by Crippen LogP contribution is -2.23. The summed E-state index contributed by atoms with van der Waals surface area (Å²) >= 11 is 0. The molecule has 0 bridgehead atoms. The third-order valence-electron chi connectivity index (χ3n) is 2.79. The van der Waals surface area contributed by atoms with Gasteiger partial charge in [0.25, 0.3) is 0 Å². The van der Waals surface area contributed by atoms with E-state index in [0.29, 0.717) is 11.5 Å². The van der Waals surface area contributed by atoms with Crippen LogP contribution in [0.4, 0.5) is 5.88 Å². The summed E-state index contributed by atoms with van der Waals surface area (Å²) in [5, 5.41) is 9.86. The van der Waals surface area contributed by atoms with Crippen LogP contribution in [0.2, 0.25) is 0 Å². The monoisotopic (exact) mass is 233 g/mol. The summed E-state index contributed by atoms with van der Waals surface area (Å²) in [6.07, 6.45) is 0. The van der Waals surface area contributed by atoms with Crippen molar-refractivity contribution in [1.82, 2.24) is 0 Å². The Balaban J connectivity index is 2.68. The van der Waals surface area contributed by atoms with E-state index in [-0.39, 0.29) is 16.6 Å². The lowest BCUT2D eigenvalue weighted by atomic mass is 10.2. The zero-order chi connectivity index (χ0) is 12.4. The van der Waals surface area contributed by atoms with Gasteiger partial charge in [-0.25, -0.2) is 0 Å². The van der Waals surface area contributed by atoms with Gasteiger partial charge in [-0.2, -0.15) is 0 Å². The number of nitrogens with zero attached hydrogens (tertiary/aromatic N) is 1. The molecule has 0 saturated carbocycles. The third-order valence-corrected chi connectivity index (χ3v) is 2.79. The van der Waals surface area contributed by atoms with E-state index in [4.69, 9.17) is 4.42 Å². The second-order valence-corrected chi connectivity index (χ2v) is 3.77. The predicted octanol–water partition coefficient (Wildman–Crippen LogP) is 2.34. The number of aromatic hydroxyl groups is 1. The van der Waals surface area contributed by atoms with E-state index in [0.717, 1.165) is 13.1 Å². The Morgan fingerprint density at radius 2 is 2.00 bits per heavy atom. The Morgan fingerprint density at radius 1 is 1.29 bits per heavy atom. The number of benzene rings is 1. The summed E-state index contributed by atoms with van der Waals surface area (Å²) in [7, 11) is 0. The van der Waals surface area contributed by atoms with Gasteiger partial charge in [0.15, 0.2) is 11.3 Å². The fraction of sp³-hybridized carbons (Fsp3) is 0.308. The molecule has 0 fully saturated rings. The molecular formula is C13H15NO3. The van der Waals surface area contributed by atoms with E-state index in [1.807, 2.05) is 18.7 Å².